The number of hydrogen-bond donors (Lipinski definition) is 1. The van der Waals surface area contributed by atoms with E-state index in [1.807, 2.05) is 0 Å². The predicted molar refractivity (Wildman–Crippen MR) is 106 cm³/mol. The number of unbranched alkanes of at least 4 members (excludes halogenated alkanes) is 2. The van der Waals surface area contributed by atoms with Crippen molar-refractivity contribution in [2.24, 2.45) is 5.92 Å². The Kier molecular flexibility index (Phi) is 7.22. The Balaban J connectivity index is 1.42. The molecule has 1 aliphatic carbocycles. The minimum absolute atomic E-state index is 0.0160. The number of ether oxygens (including phenoxy) is 1. The molecule has 3 rings (SSSR count). The van der Waals surface area contributed by atoms with Gasteiger partial charge >= 0.3 is 6.03 Å². The molecule has 1 aromatic rings. The molecule has 1 aliphatic heterocycles. The minimum atomic E-state index is -3.34. The quantitative estimate of drug-likeness (QED) is 0.386. The van der Waals surface area contributed by atoms with E-state index >= 15 is 0 Å². The van der Waals surface area contributed by atoms with E-state index in [2.05, 4.69) is 15.3 Å². The SMILES string of the molecule is C[C@@H](CS(=O)(=O)CCCCCN1CC(=O)NC1=O)c1cnc(F)c(OCC2CC2)n1. The van der Waals surface area contributed by atoms with Gasteiger partial charge in [-0.1, -0.05) is 13.3 Å². The number of halogens is 1. The molecule has 2 fully saturated rings. The van der Waals surface area contributed by atoms with Crippen LogP contribution >= 0.6 is 0 Å². The maximum atomic E-state index is 13.8. The molecule has 3 amide bonds. The monoisotopic (exact) mass is 442 g/mol. The zero-order valence-electron chi connectivity index (χ0n) is 17.0. The summed E-state index contributed by atoms with van der Waals surface area (Å²) in [7, 11) is -3.34. The average molecular weight is 443 g/mol. The number of carbonyl (C=O) groups excluding carboxylic acids is 2. The van der Waals surface area contributed by atoms with Crippen LogP contribution in [0.25, 0.3) is 0 Å². The molecule has 2 heterocycles. The summed E-state index contributed by atoms with van der Waals surface area (Å²) >= 11 is 0. The zero-order valence-corrected chi connectivity index (χ0v) is 17.8. The molecule has 166 valence electrons. The van der Waals surface area contributed by atoms with Crippen LogP contribution in [0.5, 0.6) is 5.88 Å². The van der Waals surface area contributed by atoms with Crippen molar-refractivity contribution in [1.29, 1.82) is 0 Å². The lowest BCUT2D eigenvalue weighted by molar-refractivity contribution is -0.118. The van der Waals surface area contributed by atoms with Gasteiger partial charge in [0.15, 0.2) is 9.84 Å². The number of sulfone groups is 1. The minimum Gasteiger partial charge on any atom is -0.474 e. The molecular formula is C19H27FN4O5S. The van der Waals surface area contributed by atoms with Gasteiger partial charge in [-0.25, -0.2) is 23.2 Å². The van der Waals surface area contributed by atoms with Crippen LogP contribution in [-0.2, 0) is 14.6 Å². The summed E-state index contributed by atoms with van der Waals surface area (Å²) in [5.74, 6) is -1.38. The fourth-order valence-electron chi connectivity index (χ4n) is 3.20. The second-order valence-corrected chi connectivity index (χ2v) is 10.2. The molecule has 1 N–H and O–H groups in total. The van der Waals surface area contributed by atoms with Crippen molar-refractivity contribution in [2.75, 3.05) is 31.2 Å². The first-order valence-electron chi connectivity index (χ1n) is 10.2. The number of aromatic nitrogens is 2. The third-order valence-corrected chi connectivity index (χ3v) is 7.05. The normalized spacial score (nSPS) is 17.9. The topological polar surface area (TPSA) is 119 Å². The van der Waals surface area contributed by atoms with E-state index in [9.17, 15) is 22.4 Å². The van der Waals surface area contributed by atoms with Gasteiger partial charge in [-0.2, -0.15) is 4.39 Å². The van der Waals surface area contributed by atoms with Crippen LogP contribution in [-0.4, -0.2) is 66.4 Å². The first-order chi connectivity index (χ1) is 14.2. The third-order valence-electron chi connectivity index (χ3n) is 5.13. The largest absolute Gasteiger partial charge is 0.474 e. The van der Waals surface area contributed by atoms with Crippen LogP contribution < -0.4 is 10.1 Å². The molecule has 0 radical (unpaired) electrons. The van der Waals surface area contributed by atoms with Crippen molar-refractivity contribution in [3.05, 3.63) is 17.8 Å². The molecule has 1 saturated heterocycles. The van der Waals surface area contributed by atoms with Crippen LogP contribution in [0.15, 0.2) is 6.20 Å². The highest BCUT2D eigenvalue weighted by Crippen LogP contribution is 2.30. The molecule has 11 heteroatoms. The van der Waals surface area contributed by atoms with E-state index in [1.54, 1.807) is 6.92 Å². The van der Waals surface area contributed by atoms with Gasteiger partial charge in [0.2, 0.25) is 5.91 Å². The van der Waals surface area contributed by atoms with Gasteiger partial charge in [0.05, 0.1) is 30.0 Å². The summed E-state index contributed by atoms with van der Waals surface area (Å²) in [6, 6.07) is -0.401. The molecule has 2 aliphatic rings. The molecule has 0 bridgehead atoms. The van der Waals surface area contributed by atoms with Crippen molar-refractivity contribution in [2.45, 2.75) is 44.9 Å². The highest BCUT2D eigenvalue weighted by Gasteiger charge is 2.26. The Bertz CT molecular complexity index is 891. The van der Waals surface area contributed by atoms with Crippen LogP contribution in [0.4, 0.5) is 9.18 Å². The van der Waals surface area contributed by atoms with Crippen LogP contribution in [0.3, 0.4) is 0 Å². The number of hydrogen-bond acceptors (Lipinski definition) is 7. The van der Waals surface area contributed by atoms with Gasteiger partial charge in [0.1, 0.15) is 6.54 Å². The van der Waals surface area contributed by atoms with Gasteiger partial charge in [0.25, 0.3) is 11.8 Å². The predicted octanol–water partition coefficient (Wildman–Crippen LogP) is 1.64. The Morgan fingerprint density at radius 1 is 1.30 bits per heavy atom. The van der Waals surface area contributed by atoms with Crippen LogP contribution in [0, 0.1) is 11.9 Å². The number of amides is 3. The van der Waals surface area contributed by atoms with Gasteiger partial charge in [0, 0.05) is 12.5 Å². The van der Waals surface area contributed by atoms with Gasteiger partial charge in [-0.05, 0) is 31.6 Å². The van der Waals surface area contributed by atoms with Crippen molar-refractivity contribution >= 4 is 21.8 Å². The molecule has 0 unspecified atom stereocenters. The molecule has 1 atom stereocenters. The summed E-state index contributed by atoms with van der Waals surface area (Å²) in [6.45, 7) is 2.59. The average Bonchev–Trinajstić information content (AvgIpc) is 3.44. The van der Waals surface area contributed by atoms with E-state index in [1.165, 1.54) is 11.1 Å². The van der Waals surface area contributed by atoms with Crippen molar-refractivity contribution in [3.63, 3.8) is 0 Å². The molecule has 1 aromatic heterocycles. The van der Waals surface area contributed by atoms with Gasteiger partial charge in [-0.15, -0.1) is 0 Å². The lowest BCUT2D eigenvalue weighted by atomic mass is 10.1. The number of nitrogens with one attached hydrogen (secondary N) is 1. The number of imide groups is 1. The highest BCUT2D eigenvalue weighted by molar-refractivity contribution is 7.91. The fraction of sp³-hybridized carbons (Fsp3) is 0.684. The van der Waals surface area contributed by atoms with Crippen molar-refractivity contribution in [3.8, 4) is 5.88 Å². The third kappa shape index (κ3) is 6.61. The maximum Gasteiger partial charge on any atom is 0.324 e. The van der Waals surface area contributed by atoms with E-state index in [-0.39, 0.29) is 29.8 Å². The summed E-state index contributed by atoms with van der Waals surface area (Å²) < 4.78 is 44.0. The number of carbonyl (C=O) groups is 2. The molecule has 0 spiro atoms. The van der Waals surface area contributed by atoms with Crippen molar-refractivity contribution in [1.82, 2.24) is 20.2 Å². The maximum absolute atomic E-state index is 13.8. The molecule has 0 aromatic carbocycles. The molecular weight excluding hydrogens is 415 g/mol. The molecule has 9 nitrogen and oxygen atoms in total. The lowest BCUT2D eigenvalue weighted by Crippen LogP contribution is -2.29. The van der Waals surface area contributed by atoms with Crippen LogP contribution in [0.1, 0.15) is 50.6 Å². The second kappa shape index (κ2) is 9.67. The Hall–Kier alpha value is -2.30. The summed E-state index contributed by atoms with van der Waals surface area (Å²) in [5.41, 5.74) is 0.385. The number of rotatable bonds is 12. The van der Waals surface area contributed by atoms with E-state index in [0.717, 1.165) is 12.8 Å². The molecule has 1 saturated carbocycles. The molecule has 30 heavy (non-hydrogen) atoms. The van der Waals surface area contributed by atoms with Gasteiger partial charge in [-0.3, -0.25) is 10.1 Å². The highest BCUT2D eigenvalue weighted by atomic mass is 32.2. The second-order valence-electron chi connectivity index (χ2n) is 8.00. The number of nitrogens with zero attached hydrogens (tertiary/aromatic N) is 3. The Morgan fingerprint density at radius 2 is 2.07 bits per heavy atom. The smallest absolute Gasteiger partial charge is 0.324 e. The Morgan fingerprint density at radius 3 is 2.73 bits per heavy atom. The van der Waals surface area contributed by atoms with E-state index in [0.29, 0.717) is 44.0 Å². The lowest BCUT2D eigenvalue weighted by Gasteiger charge is -2.14. The fourth-order valence-corrected chi connectivity index (χ4v) is 4.94. The zero-order chi connectivity index (χ0) is 21.7. The van der Waals surface area contributed by atoms with Crippen LogP contribution in [0.2, 0.25) is 0 Å². The number of urea groups is 1. The first kappa shape index (κ1) is 22.4. The van der Waals surface area contributed by atoms with Gasteiger partial charge < -0.3 is 9.64 Å². The standard InChI is InChI=1S/C19H27FN4O5S/c1-13(15-9-21-17(20)18(22-15)29-11-14-5-6-14)12-30(27,28)8-4-2-3-7-24-10-16(25)23-19(24)26/h9,13-14H,2-8,10-12H2,1H3,(H,23,25,26)/t13-/m0/s1. The van der Waals surface area contributed by atoms with E-state index in [4.69, 9.17) is 4.74 Å². The van der Waals surface area contributed by atoms with E-state index < -0.39 is 27.7 Å². The summed E-state index contributed by atoms with van der Waals surface area (Å²) in [4.78, 5) is 31.8. The first-order valence-corrected chi connectivity index (χ1v) is 12.0. The van der Waals surface area contributed by atoms with Crippen molar-refractivity contribution < 1.29 is 27.1 Å². The summed E-state index contributed by atoms with van der Waals surface area (Å²) in [6.07, 6.45) is 5.09. The Labute approximate surface area is 175 Å². The summed E-state index contributed by atoms with van der Waals surface area (Å²) in [5, 5.41) is 2.20.